The van der Waals surface area contributed by atoms with Gasteiger partial charge in [0, 0.05) is 26.6 Å². The third-order valence-corrected chi connectivity index (χ3v) is 3.48. The summed E-state index contributed by atoms with van der Waals surface area (Å²) in [5.74, 6) is 0.516. The summed E-state index contributed by atoms with van der Waals surface area (Å²) >= 11 is 1.74. The van der Waals surface area contributed by atoms with Gasteiger partial charge in [0.25, 0.3) is 0 Å². The lowest BCUT2D eigenvalue weighted by atomic mass is 10.1. The minimum atomic E-state index is 0.516. The zero-order valence-corrected chi connectivity index (χ0v) is 11.8. The number of aryl methyl sites for hydroxylation is 1. The summed E-state index contributed by atoms with van der Waals surface area (Å²) in [4.78, 5) is 0. The zero-order chi connectivity index (χ0) is 12.5. The van der Waals surface area contributed by atoms with E-state index in [-0.39, 0.29) is 0 Å². The standard InChI is InChI=1S/C12H23N3OS/c1-4-13-7-5-6-11-14-15-12(17-11)8-10(2)9-16-3/h10,13H,4-9H2,1-3H3. The lowest BCUT2D eigenvalue weighted by Crippen LogP contribution is -2.14. The van der Waals surface area contributed by atoms with E-state index >= 15 is 0 Å². The summed E-state index contributed by atoms with van der Waals surface area (Å²) in [7, 11) is 1.74. The number of hydrogen-bond acceptors (Lipinski definition) is 5. The Morgan fingerprint density at radius 2 is 2.12 bits per heavy atom. The van der Waals surface area contributed by atoms with E-state index in [4.69, 9.17) is 4.74 Å². The maximum atomic E-state index is 5.12. The molecule has 1 aromatic heterocycles. The summed E-state index contributed by atoms with van der Waals surface area (Å²) in [6, 6.07) is 0. The van der Waals surface area contributed by atoms with Crippen molar-refractivity contribution in [2.24, 2.45) is 5.92 Å². The van der Waals surface area contributed by atoms with E-state index in [0.29, 0.717) is 5.92 Å². The van der Waals surface area contributed by atoms with Gasteiger partial charge in [-0.05, 0) is 25.4 Å². The highest BCUT2D eigenvalue weighted by atomic mass is 32.1. The molecule has 17 heavy (non-hydrogen) atoms. The first-order valence-corrected chi connectivity index (χ1v) is 7.08. The molecule has 1 rings (SSSR count). The van der Waals surface area contributed by atoms with Gasteiger partial charge in [-0.2, -0.15) is 0 Å². The number of ether oxygens (including phenoxy) is 1. The average molecular weight is 257 g/mol. The van der Waals surface area contributed by atoms with Crippen LogP contribution in [0.1, 0.15) is 30.3 Å². The largest absolute Gasteiger partial charge is 0.384 e. The second-order valence-corrected chi connectivity index (χ2v) is 5.46. The van der Waals surface area contributed by atoms with Crippen LogP contribution in [-0.2, 0) is 17.6 Å². The summed E-state index contributed by atoms with van der Waals surface area (Å²) < 4.78 is 5.12. The molecule has 5 heteroatoms. The van der Waals surface area contributed by atoms with Crippen molar-refractivity contribution in [1.29, 1.82) is 0 Å². The lowest BCUT2D eigenvalue weighted by Gasteiger charge is -2.06. The molecule has 1 N–H and O–H groups in total. The van der Waals surface area contributed by atoms with E-state index in [1.165, 1.54) is 0 Å². The number of aromatic nitrogens is 2. The van der Waals surface area contributed by atoms with Crippen LogP contribution < -0.4 is 5.32 Å². The average Bonchev–Trinajstić information content (AvgIpc) is 2.72. The summed E-state index contributed by atoms with van der Waals surface area (Å²) in [5, 5.41) is 14.1. The third-order valence-electron chi connectivity index (χ3n) is 2.48. The van der Waals surface area contributed by atoms with Gasteiger partial charge in [0.15, 0.2) is 0 Å². The molecule has 0 fully saturated rings. The topological polar surface area (TPSA) is 47.0 Å². The highest BCUT2D eigenvalue weighted by Crippen LogP contribution is 2.15. The van der Waals surface area contributed by atoms with Crippen molar-refractivity contribution >= 4 is 11.3 Å². The van der Waals surface area contributed by atoms with Gasteiger partial charge in [0.2, 0.25) is 0 Å². The number of nitrogens with zero attached hydrogens (tertiary/aromatic N) is 2. The first kappa shape index (κ1) is 14.5. The molecule has 0 amide bonds. The number of hydrogen-bond donors (Lipinski definition) is 1. The van der Waals surface area contributed by atoms with E-state index in [9.17, 15) is 0 Å². The Kier molecular flexibility index (Phi) is 7.32. The van der Waals surface area contributed by atoms with Gasteiger partial charge in [-0.1, -0.05) is 13.8 Å². The Bertz CT molecular complexity index is 304. The van der Waals surface area contributed by atoms with E-state index < -0.39 is 0 Å². The molecule has 0 aliphatic carbocycles. The molecule has 0 bridgehead atoms. The quantitative estimate of drug-likeness (QED) is 0.686. The maximum Gasteiger partial charge on any atom is 0.117 e. The minimum absolute atomic E-state index is 0.516. The SMILES string of the molecule is CCNCCCc1nnc(CC(C)COC)s1. The number of rotatable bonds is 9. The van der Waals surface area contributed by atoms with Crippen molar-refractivity contribution in [2.75, 3.05) is 26.8 Å². The van der Waals surface area contributed by atoms with Crippen molar-refractivity contribution < 1.29 is 4.74 Å². The van der Waals surface area contributed by atoms with E-state index in [0.717, 1.165) is 49.0 Å². The van der Waals surface area contributed by atoms with Crippen LogP contribution in [0.25, 0.3) is 0 Å². The van der Waals surface area contributed by atoms with Crippen LogP contribution in [-0.4, -0.2) is 37.0 Å². The van der Waals surface area contributed by atoms with Crippen LogP contribution in [0.4, 0.5) is 0 Å². The van der Waals surface area contributed by atoms with Gasteiger partial charge in [-0.25, -0.2) is 0 Å². The van der Waals surface area contributed by atoms with E-state index in [2.05, 4.69) is 29.4 Å². The van der Waals surface area contributed by atoms with Gasteiger partial charge < -0.3 is 10.1 Å². The van der Waals surface area contributed by atoms with Crippen LogP contribution >= 0.6 is 11.3 Å². The Morgan fingerprint density at radius 3 is 2.82 bits per heavy atom. The Hall–Kier alpha value is -0.520. The fourth-order valence-corrected chi connectivity index (χ4v) is 2.70. The first-order chi connectivity index (χ1) is 8.26. The van der Waals surface area contributed by atoms with Crippen molar-refractivity contribution in [3.8, 4) is 0 Å². The highest BCUT2D eigenvalue weighted by molar-refractivity contribution is 7.11. The fraction of sp³-hybridized carbons (Fsp3) is 0.833. The fourth-order valence-electron chi connectivity index (χ4n) is 1.65. The van der Waals surface area contributed by atoms with Gasteiger partial charge >= 0.3 is 0 Å². The highest BCUT2D eigenvalue weighted by Gasteiger charge is 2.08. The molecular weight excluding hydrogens is 234 g/mol. The van der Waals surface area contributed by atoms with Crippen LogP contribution in [0.2, 0.25) is 0 Å². The van der Waals surface area contributed by atoms with Crippen LogP contribution in [0.15, 0.2) is 0 Å². The van der Waals surface area contributed by atoms with Crippen LogP contribution in [0.5, 0.6) is 0 Å². The second kappa shape index (κ2) is 8.55. The van der Waals surface area contributed by atoms with E-state index in [1.807, 2.05) is 0 Å². The molecule has 1 heterocycles. The predicted octanol–water partition coefficient (Wildman–Crippen LogP) is 1.91. The monoisotopic (exact) mass is 257 g/mol. The first-order valence-electron chi connectivity index (χ1n) is 6.27. The number of methoxy groups -OCH3 is 1. The summed E-state index contributed by atoms with van der Waals surface area (Å²) in [5.41, 5.74) is 0. The molecular formula is C12H23N3OS. The molecule has 1 unspecified atom stereocenters. The van der Waals surface area contributed by atoms with Crippen molar-refractivity contribution in [2.45, 2.75) is 33.1 Å². The molecule has 0 aliphatic rings. The molecule has 0 spiro atoms. The predicted molar refractivity (Wildman–Crippen MR) is 71.5 cm³/mol. The molecule has 0 radical (unpaired) electrons. The molecule has 4 nitrogen and oxygen atoms in total. The molecule has 0 saturated carbocycles. The molecule has 0 aromatic carbocycles. The molecule has 1 aromatic rings. The van der Waals surface area contributed by atoms with Crippen LogP contribution in [0, 0.1) is 5.92 Å². The van der Waals surface area contributed by atoms with E-state index in [1.54, 1.807) is 18.4 Å². The van der Waals surface area contributed by atoms with Gasteiger partial charge in [-0.15, -0.1) is 21.5 Å². The van der Waals surface area contributed by atoms with Crippen LogP contribution in [0.3, 0.4) is 0 Å². The molecule has 98 valence electrons. The van der Waals surface area contributed by atoms with Crippen molar-refractivity contribution in [3.05, 3.63) is 10.0 Å². The lowest BCUT2D eigenvalue weighted by molar-refractivity contribution is 0.159. The van der Waals surface area contributed by atoms with Gasteiger partial charge in [0.05, 0.1) is 0 Å². The molecule has 0 saturated heterocycles. The zero-order valence-electron chi connectivity index (χ0n) is 11.0. The van der Waals surface area contributed by atoms with Gasteiger partial charge in [0.1, 0.15) is 10.0 Å². The van der Waals surface area contributed by atoms with Gasteiger partial charge in [-0.3, -0.25) is 0 Å². The summed E-state index contributed by atoms with van der Waals surface area (Å²) in [6.07, 6.45) is 3.14. The second-order valence-electron chi connectivity index (χ2n) is 4.31. The molecule has 0 aliphatic heterocycles. The Labute approximate surface area is 108 Å². The minimum Gasteiger partial charge on any atom is -0.384 e. The molecule has 1 atom stereocenters. The third kappa shape index (κ3) is 6.10. The Morgan fingerprint density at radius 1 is 1.35 bits per heavy atom. The van der Waals surface area contributed by atoms with Crippen molar-refractivity contribution in [1.82, 2.24) is 15.5 Å². The Balaban J connectivity index is 2.27. The maximum absolute atomic E-state index is 5.12. The smallest absolute Gasteiger partial charge is 0.117 e. The summed E-state index contributed by atoms with van der Waals surface area (Å²) in [6.45, 7) is 7.19. The van der Waals surface area contributed by atoms with Crippen molar-refractivity contribution in [3.63, 3.8) is 0 Å². The number of nitrogens with one attached hydrogen (secondary N) is 1. The normalized spacial score (nSPS) is 12.9.